The molecule has 0 aliphatic heterocycles. The quantitative estimate of drug-likeness (QED) is 0.258. The van der Waals surface area contributed by atoms with E-state index in [9.17, 15) is 14.7 Å². The largest absolute Gasteiger partial charge is 0.504 e. The Morgan fingerprint density at radius 2 is 1.84 bits per heavy atom. The number of hydrazine groups is 1. The van der Waals surface area contributed by atoms with Gasteiger partial charge in [0.15, 0.2) is 11.5 Å². The first-order chi connectivity index (χ1) is 14.9. The average molecular weight is 418 g/mol. The van der Waals surface area contributed by atoms with Crippen LogP contribution in [0.3, 0.4) is 0 Å². The molecule has 0 unspecified atom stereocenters. The van der Waals surface area contributed by atoms with Gasteiger partial charge in [0, 0.05) is 11.6 Å². The van der Waals surface area contributed by atoms with E-state index in [2.05, 4.69) is 10.9 Å². The van der Waals surface area contributed by atoms with Gasteiger partial charge in [0.25, 0.3) is 0 Å². The van der Waals surface area contributed by atoms with Crippen LogP contribution in [0.1, 0.15) is 16.7 Å². The van der Waals surface area contributed by atoms with E-state index >= 15 is 0 Å². The summed E-state index contributed by atoms with van der Waals surface area (Å²) in [5, 5.41) is 10.6. The minimum atomic E-state index is -0.316. The monoisotopic (exact) mass is 418 g/mol. The molecule has 1 amide bonds. The van der Waals surface area contributed by atoms with Crippen LogP contribution in [0.25, 0.3) is 21.9 Å². The van der Waals surface area contributed by atoms with Crippen molar-refractivity contribution in [3.05, 3.63) is 75.4 Å². The second kappa shape index (κ2) is 8.02. The first kappa shape index (κ1) is 20.3. The van der Waals surface area contributed by atoms with Crippen molar-refractivity contribution in [1.29, 1.82) is 0 Å². The molecule has 0 fully saturated rings. The van der Waals surface area contributed by atoms with Gasteiger partial charge < -0.3 is 14.3 Å². The maximum Gasteiger partial charge on any atom is 0.242 e. The molecule has 3 aromatic carbocycles. The van der Waals surface area contributed by atoms with Gasteiger partial charge in [-0.1, -0.05) is 18.2 Å². The summed E-state index contributed by atoms with van der Waals surface area (Å²) in [7, 11) is 1.44. The minimum absolute atomic E-state index is 0.00270. The lowest BCUT2D eigenvalue weighted by molar-refractivity contribution is -0.119. The van der Waals surface area contributed by atoms with E-state index in [1.165, 1.54) is 13.2 Å². The van der Waals surface area contributed by atoms with E-state index < -0.39 is 0 Å². The molecule has 4 rings (SSSR count). The Labute approximate surface area is 178 Å². The maximum atomic E-state index is 13.0. The van der Waals surface area contributed by atoms with Crippen molar-refractivity contribution in [2.75, 3.05) is 12.5 Å². The number of carbonyl (C=O) groups is 1. The number of rotatable bonds is 5. The summed E-state index contributed by atoms with van der Waals surface area (Å²) in [6.45, 7) is 3.87. The summed E-state index contributed by atoms with van der Waals surface area (Å²) in [4.78, 5) is 25.5. The molecule has 0 saturated carbocycles. The van der Waals surface area contributed by atoms with E-state index in [-0.39, 0.29) is 29.3 Å². The van der Waals surface area contributed by atoms with Gasteiger partial charge in [0.1, 0.15) is 11.2 Å². The van der Waals surface area contributed by atoms with E-state index in [1.807, 2.05) is 19.9 Å². The number of benzene rings is 3. The third-order valence-electron chi connectivity index (χ3n) is 5.34. The van der Waals surface area contributed by atoms with E-state index in [0.29, 0.717) is 33.2 Å². The zero-order chi connectivity index (χ0) is 22.1. The highest BCUT2D eigenvalue weighted by molar-refractivity contribution is 5.94. The molecule has 1 aromatic heterocycles. The van der Waals surface area contributed by atoms with Crippen molar-refractivity contribution in [2.45, 2.75) is 20.3 Å². The van der Waals surface area contributed by atoms with Crippen LogP contribution in [-0.2, 0) is 11.2 Å². The highest BCUT2D eigenvalue weighted by Gasteiger charge is 2.15. The summed E-state index contributed by atoms with van der Waals surface area (Å²) in [6, 6.07) is 13.5. The van der Waals surface area contributed by atoms with Gasteiger partial charge in [-0.3, -0.25) is 20.4 Å². The first-order valence-corrected chi connectivity index (χ1v) is 9.75. The molecule has 0 aliphatic carbocycles. The van der Waals surface area contributed by atoms with E-state index in [1.54, 1.807) is 36.4 Å². The smallest absolute Gasteiger partial charge is 0.242 e. The first-order valence-electron chi connectivity index (χ1n) is 9.75. The average Bonchev–Trinajstić information content (AvgIpc) is 2.76. The molecule has 0 spiro atoms. The maximum absolute atomic E-state index is 13.0. The number of carbonyl (C=O) groups excluding carboxylic acids is 1. The predicted molar refractivity (Wildman–Crippen MR) is 120 cm³/mol. The lowest BCUT2D eigenvalue weighted by Crippen LogP contribution is -2.30. The Kier molecular flexibility index (Phi) is 5.25. The number of hydrogen-bond acceptors (Lipinski definition) is 6. The van der Waals surface area contributed by atoms with Crippen LogP contribution < -0.4 is 21.0 Å². The van der Waals surface area contributed by atoms with Crippen molar-refractivity contribution in [1.82, 2.24) is 5.43 Å². The zero-order valence-electron chi connectivity index (χ0n) is 17.4. The third kappa shape index (κ3) is 3.77. The molecule has 0 aliphatic rings. The normalized spacial score (nSPS) is 10.9. The summed E-state index contributed by atoms with van der Waals surface area (Å²) in [5.41, 5.74) is 9.32. The van der Waals surface area contributed by atoms with Gasteiger partial charge in [-0.25, -0.2) is 0 Å². The Bertz CT molecular complexity index is 1370. The molecule has 3 N–H and O–H groups in total. The zero-order valence-corrected chi connectivity index (χ0v) is 17.4. The molecule has 0 bridgehead atoms. The summed E-state index contributed by atoms with van der Waals surface area (Å²) < 4.78 is 11.2. The molecule has 4 aromatic rings. The SMILES string of the molecule is COc1cc(NNC(=O)Cc2cccc3c(=O)c4ccc(C)c(C)c4oc23)ccc1O. The van der Waals surface area contributed by atoms with Crippen molar-refractivity contribution >= 4 is 33.5 Å². The fourth-order valence-electron chi connectivity index (χ4n) is 3.49. The van der Waals surface area contributed by atoms with Gasteiger partial charge in [-0.05, 0) is 49.2 Å². The highest BCUT2D eigenvalue weighted by Crippen LogP contribution is 2.28. The van der Waals surface area contributed by atoms with Crippen molar-refractivity contribution in [3.63, 3.8) is 0 Å². The molecule has 31 heavy (non-hydrogen) atoms. The Morgan fingerprint density at radius 1 is 1.06 bits per heavy atom. The van der Waals surface area contributed by atoms with Gasteiger partial charge in [-0.2, -0.15) is 0 Å². The van der Waals surface area contributed by atoms with Crippen LogP contribution in [0.15, 0.2) is 57.7 Å². The highest BCUT2D eigenvalue weighted by atomic mass is 16.5. The number of aryl methyl sites for hydroxylation is 2. The minimum Gasteiger partial charge on any atom is -0.504 e. The van der Waals surface area contributed by atoms with Crippen molar-refractivity contribution in [3.8, 4) is 11.5 Å². The molecular weight excluding hydrogens is 396 g/mol. The number of anilines is 1. The van der Waals surface area contributed by atoms with Crippen LogP contribution in [0.5, 0.6) is 11.5 Å². The van der Waals surface area contributed by atoms with Crippen molar-refractivity contribution in [2.24, 2.45) is 0 Å². The number of nitrogens with one attached hydrogen (secondary N) is 2. The van der Waals surface area contributed by atoms with Crippen LogP contribution >= 0.6 is 0 Å². The molecule has 7 nitrogen and oxygen atoms in total. The molecule has 0 atom stereocenters. The fourth-order valence-corrected chi connectivity index (χ4v) is 3.49. The van der Waals surface area contributed by atoms with Gasteiger partial charge in [0.2, 0.25) is 11.3 Å². The van der Waals surface area contributed by atoms with Gasteiger partial charge >= 0.3 is 0 Å². The van der Waals surface area contributed by atoms with Crippen LogP contribution in [0, 0.1) is 13.8 Å². The lowest BCUT2D eigenvalue weighted by atomic mass is 10.0. The number of fused-ring (bicyclic) bond motifs is 2. The lowest BCUT2D eigenvalue weighted by Gasteiger charge is -2.12. The van der Waals surface area contributed by atoms with Crippen LogP contribution in [0.2, 0.25) is 0 Å². The predicted octanol–water partition coefficient (Wildman–Crippen LogP) is 3.96. The number of aromatic hydroxyl groups is 1. The standard InChI is InChI=1S/C24H22N2O5/c1-13-7-9-18-22(29)17-6-4-5-15(24(17)31-23(18)14(13)2)11-21(28)26-25-16-8-10-19(27)20(12-16)30-3/h4-10,12,25,27H,11H2,1-3H3,(H,26,28). The Morgan fingerprint density at radius 3 is 2.61 bits per heavy atom. The second-order valence-electron chi connectivity index (χ2n) is 7.35. The molecule has 0 saturated heterocycles. The summed E-state index contributed by atoms with van der Waals surface area (Å²) in [6.07, 6.45) is 0.0128. The molecule has 0 radical (unpaired) electrons. The van der Waals surface area contributed by atoms with Gasteiger partial charge in [0.05, 0.1) is 30.0 Å². The van der Waals surface area contributed by atoms with E-state index in [4.69, 9.17) is 9.15 Å². The number of phenolic OH excluding ortho intramolecular Hbond substituents is 1. The second-order valence-corrected chi connectivity index (χ2v) is 7.35. The molecular formula is C24H22N2O5. The van der Waals surface area contributed by atoms with E-state index in [0.717, 1.165) is 11.1 Å². The van der Waals surface area contributed by atoms with Crippen LogP contribution in [-0.4, -0.2) is 18.1 Å². The Hall–Kier alpha value is -4.00. The number of amides is 1. The molecule has 1 heterocycles. The summed E-state index contributed by atoms with van der Waals surface area (Å²) >= 11 is 0. The molecule has 158 valence electrons. The van der Waals surface area contributed by atoms with Crippen LogP contribution in [0.4, 0.5) is 5.69 Å². The van der Waals surface area contributed by atoms with Crippen molar-refractivity contribution < 1.29 is 19.1 Å². The molecule has 7 heteroatoms. The van der Waals surface area contributed by atoms with Gasteiger partial charge in [-0.15, -0.1) is 0 Å². The topological polar surface area (TPSA) is 101 Å². The number of hydrogen-bond donors (Lipinski definition) is 3. The number of methoxy groups -OCH3 is 1. The number of para-hydroxylation sites is 1. The number of ether oxygens (including phenoxy) is 1. The Balaban J connectivity index is 1.63. The fraction of sp³-hybridized carbons (Fsp3) is 0.167. The number of phenols is 1. The third-order valence-corrected chi connectivity index (χ3v) is 5.34. The summed E-state index contributed by atoms with van der Waals surface area (Å²) in [5.74, 6) is -0.0289.